The van der Waals surface area contributed by atoms with E-state index in [0.717, 1.165) is 18.4 Å². The van der Waals surface area contributed by atoms with Crippen molar-refractivity contribution in [2.24, 2.45) is 5.14 Å². The van der Waals surface area contributed by atoms with Crippen molar-refractivity contribution in [1.29, 1.82) is 0 Å². The number of sulfonamides is 1. The van der Waals surface area contributed by atoms with Gasteiger partial charge in [-0.15, -0.1) is 0 Å². The van der Waals surface area contributed by atoms with Gasteiger partial charge in [-0.1, -0.05) is 43.6 Å². The predicted molar refractivity (Wildman–Crippen MR) is 108 cm³/mol. The summed E-state index contributed by atoms with van der Waals surface area (Å²) in [5.74, 6) is -0.276. The minimum Gasteiger partial charge on any atom is -0.325 e. The average Bonchev–Trinajstić information content (AvgIpc) is 2.63. The largest absolute Gasteiger partial charge is 0.325 e. The zero-order valence-electron chi connectivity index (χ0n) is 15.3. The monoisotopic (exact) mass is 409 g/mol. The molecule has 0 bridgehead atoms. The highest BCUT2D eigenvalue weighted by Crippen LogP contribution is 2.29. The van der Waals surface area contributed by atoms with Gasteiger partial charge in [0.15, 0.2) is 0 Å². The number of nitrogens with one attached hydrogen (secondary N) is 2. The second kappa shape index (κ2) is 8.84. The molecule has 2 rings (SSSR count). The number of halogens is 1. The van der Waals surface area contributed by atoms with Crippen molar-refractivity contribution in [2.75, 3.05) is 11.9 Å². The zero-order valence-corrected chi connectivity index (χ0v) is 16.9. The summed E-state index contributed by atoms with van der Waals surface area (Å²) >= 11 is 5.97. The Morgan fingerprint density at radius 1 is 1.11 bits per heavy atom. The number of amides is 1. The fraction of sp³-hybridized carbons (Fsp3) is 0.316. The molecular weight excluding hydrogens is 386 g/mol. The fourth-order valence-corrected chi connectivity index (χ4v) is 3.67. The van der Waals surface area contributed by atoms with Crippen LogP contribution in [0.3, 0.4) is 0 Å². The van der Waals surface area contributed by atoms with Crippen molar-refractivity contribution >= 4 is 33.2 Å². The predicted octanol–water partition coefficient (Wildman–Crippen LogP) is 3.23. The van der Waals surface area contributed by atoms with Crippen LogP contribution < -0.4 is 15.8 Å². The summed E-state index contributed by atoms with van der Waals surface area (Å²) in [7, 11) is -3.82. The van der Waals surface area contributed by atoms with Gasteiger partial charge < -0.3 is 5.32 Å². The third kappa shape index (κ3) is 5.52. The Kier molecular flexibility index (Phi) is 7.00. The molecule has 0 aliphatic rings. The molecule has 146 valence electrons. The first-order valence-corrected chi connectivity index (χ1v) is 10.6. The van der Waals surface area contributed by atoms with Gasteiger partial charge in [-0.05, 0) is 48.7 Å². The van der Waals surface area contributed by atoms with Gasteiger partial charge >= 0.3 is 0 Å². The molecule has 0 radical (unpaired) electrons. The zero-order chi connectivity index (χ0) is 20.1. The third-order valence-electron chi connectivity index (χ3n) is 4.64. The van der Waals surface area contributed by atoms with Gasteiger partial charge in [-0.3, -0.25) is 10.1 Å². The lowest BCUT2D eigenvalue weighted by Gasteiger charge is -2.33. The highest BCUT2D eigenvalue weighted by Gasteiger charge is 2.28. The van der Waals surface area contributed by atoms with Crippen LogP contribution in [0, 0.1) is 0 Å². The number of nitrogens with two attached hydrogens (primary N) is 1. The van der Waals surface area contributed by atoms with Crippen molar-refractivity contribution in [1.82, 2.24) is 5.32 Å². The van der Waals surface area contributed by atoms with Gasteiger partial charge in [0.2, 0.25) is 15.9 Å². The first kappa shape index (κ1) is 21.4. The Balaban J connectivity index is 2.09. The molecule has 0 aromatic heterocycles. The molecule has 0 spiro atoms. The van der Waals surface area contributed by atoms with Crippen molar-refractivity contribution in [3.8, 4) is 0 Å². The molecule has 27 heavy (non-hydrogen) atoms. The number of benzene rings is 2. The highest BCUT2D eigenvalue weighted by atomic mass is 35.5. The normalized spacial score (nSPS) is 12.0. The van der Waals surface area contributed by atoms with Crippen molar-refractivity contribution in [2.45, 2.75) is 37.1 Å². The summed E-state index contributed by atoms with van der Waals surface area (Å²) in [6.07, 6.45) is 1.58. The maximum Gasteiger partial charge on any atom is 0.238 e. The molecule has 0 fully saturated rings. The van der Waals surface area contributed by atoms with Crippen LogP contribution in [0.15, 0.2) is 53.4 Å². The molecule has 0 saturated carbocycles. The molecule has 0 heterocycles. The van der Waals surface area contributed by atoms with E-state index in [4.69, 9.17) is 16.7 Å². The molecular formula is C19H24ClN3O3S. The molecule has 0 aliphatic heterocycles. The topological polar surface area (TPSA) is 101 Å². The second-order valence-electron chi connectivity index (χ2n) is 6.27. The van der Waals surface area contributed by atoms with E-state index < -0.39 is 10.0 Å². The van der Waals surface area contributed by atoms with E-state index in [2.05, 4.69) is 24.5 Å². The fourth-order valence-electron chi connectivity index (χ4n) is 2.98. The maximum atomic E-state index is 12.4. The minimum atomic E-state index is -3.82. The highest BCUT2D eigenvalue weighted by molar-refractivity contribution is 7.89. The van der Waals surface area contributed by atoms with E-state index in [1.165, 1.54) is 18.2 Å². The summed E-state index contributed by atoms with van der Waals surface area (Å²) in [6.45, 7) is 4.18. The molecule has 0 saturated heterocycles. The van der Waals surface area contributed by atoms with E-state index >= 15 is 0 Å². The van der Waals surface area contributed by atoms with Gasteiger partial charge in [0.1, 0.15) is 0 Å². The smallest absolute Gasteiger partial charge is 0.238 e. The molecule has 1 amide bonds. The molecule has 4 N–H and O–H groups in total. The van der Waals surface area contributed by atoms with Crippen molar-refractivity contribution in [3.63, 3.8) is 0 Å². The number of anilines is 1. The molecule has 6 nitrogen and oxygen atoms in total. The quantitative estimate of drug-likeness (QED) is 0.622. The number of carbonyl (C=O) groups excluding carboxylic acids is 1. The van der Waals surface area contributed by atoms with E-state index in [-0.39, 0.29) is 22.9 Å². The van der Waals surface area contributed by atoms with Crippen LogP contribution in [-0.2, 0) is 20.4 Å². The van der Waals surface area contributed by atoms with Crippen LogP contribution in [0.1, 0.15) is 32.3 Å². The van der Waals surface area contributed by atoms with Gasteiger partial charge in [-0.25, -0.2) is 13.6 Å². The van der Waals surface area contributed by atoms with E-state index in [1.54, 1.807) is 6.07 Å². The molecule has 0 aliphatic carbocycles. The van der Waals surface area contributed by atoms with Crippen LogP contribution in [0.25, 0.3) is 0 Å². The molecule has 8 heteroatoms. The van der Waals surface area contributed by atoms with Crippen LogP contribution in [0.5, 0.6) is 0 Å². The number of hydrogen-bond acceptors (Lipinski definition) is 4. The van der Waals surface area contributed by atoms with E-state index in [1.807, 2.05) is 24.3 Å². The lowest BCUT2D eigenvalue weighted by molar-refractivity contribution is -0.115. The Bertz CT molecular complexity index is 895. The molecule has 2 aromatic rings. The number of primary sulfonamides is 1. The average molecular weight is 410 g/mol. The first-order chi connectivity index (χ1) is 12.7. The Morgan fingerprint density at radius 2 is 1.74 bits per heavy atom. The first-order valence-electron chi connectivity index (χ1n) is 8.64. The molecule has 0 unspecified atom stereocenters. The van der Waals surface area contributed by atoms with Crippen molar-refractivity contribution < 1.29 is 13.2 Å². The van der Waals surface area contributed by atoms with Crippen molar-refractivity contribution in [3.05, 3.63) is 59.1 Å². The summed E-state index contributed by atoms with van der Waals surface area (Å²) in [6, 6.07) is 13.4. The lowest BCUT2D eigenvalue weighted by Crippen LogP contribution is -2.45. The van der Waals surface area contributed by atoms with Gasteiger partial charge in [0.25, 0.3) is 0 Å². The van der Waals surface area contributed by atoms with Crippen LogP contribution in [-0.4, -0.2) is 20.9 Å². The second-order valence-corrected chi connectivity index (χ2v) is 8.27. The summed E-state index contributed by atoms with van der Waals surface area (Å²) in [5, 5.41) is 11.8. The number of hydrogen-bond donors (Lipinski definition) is 3. The van der Waals surface area contributed by atoms with Crippen LogP contribution in [0.4, 0.5) is 5.69 Å². The lowest BCUT2D eigenvalue weighted by atomic mass is 9.84. The number of rotatable bonds is 8. The maximum absolute atomic E-state index is 12.4. The summed E-state index contributed by atoms with van der Waals surface area (Å²) < 4.78 is 22.9. The van der Waals surface area contributed by atoms with E-state index in [0.29, 0.717) is 10.7 Å². The van der Waals surface area contributed by atoms with Gasteiger partial charge in [0.05, 0.1) is 11.4 Å². The molecule has 2 aromatic carbocycles. The third-order valence-corrected chi connectivity index (χ3v) is 5.80. The van der Waals surface area contributed by atoms with E-state index in [9.17, 15) is 13.2 Å². The Hall–Kier alpha value is -1.93. The van der Waals surface area contributed by atoms with Crippen LogP contribution >= 0.6 is 11.6 Å². The standard InChI is InChI=1S/C19H24ClN3O3S/c1-3-19(4-2,14-8-10-15(20)11-9-14)22-13-18(24)23-16-6-5-7-17(12-16)27(21,25)26/h5-12,22H,3-4,13H2,1-2H3,(H,23,24)(H2,21,25,26). The van der Waals surface area contributed by atoms with Gasteiger partial charge in [-0.2, -0.15) is 0 Å². The summed E-state index contributed by atoms with van der Waals surface area (Å²) in [5.41, 5.74) is 1.07. The minimum absolute atomic E-state index is 0.0501. The molecule has 0 atom stereocenters. The van der Waals surface area contributed by atoms with Crippen LogP contribution in [0.2, 0.25) is 5.02 Å². The summed E-state index contributed by atoms with van der Waals surface area (Å²) in [4.78, 5) is 12.3. The SMILES string of the molecule is CCC(CC)(NCC(=O)Nc1cccc(S(N)(=O)=O)c1)c1ccc(Cl)cc1. The Morgan fingerprint density at radius 3 is 2.30 bits per heavy atom. The number of carbonyl (C=O) groups is 1. The van der Waals surface area contributed by atoms with Gasteiger partial charge in [0, 0.05) is 16.2 Å². The Labute approximate surface area is 165 Å².